The molecule has 0 aliphatic carbocycles. The number of aryl methyl sites for hydroxylation is 1. The highest BCUT2D eigenvalue weighted by atomic mass is 19.1. The number of piperidine rings is 1. The predicted molar refractivity (Wildman–Crippen MR) is 119 cm³/mol. The van der Waals surface area contributed by atoms with E-state index in [0.29, 0.717) is 34.4 Å². The van der Waals surface area contributed by atoms with Crippen LogP contribution in [-0.4, -0.2) is 41.2 Å². The molecule has 2 aromatic rings. The molecule has 2 aromatic carbocycles. The first-order chi connectivity index (χ1) is 16.3. The molecule has 5 rings (SSSR count). The summed E-state index contributed by atoms with van der Waals surface area (Å²) in [6.07, 6.45) is 2.13. The lowest BCUT2D eigenvalue weighted by atomic mass is 10.0. The van der Waals surface area contributed by atoms with Gasteiger partial charge in [0.05, 0.1) is 5.57 Å². The second-order valence-corrected chi connectivity index (χ2v) is 8.67. The van der Waals surface area contributed by atoms with Gasteiger partial charge in [0.2, 0.25) is 11.8 Å². The van der Waals surface area contributed by atoms with E-state index in [1.54, 1.807) is 25.1 Å². The average Bonchev–Trinajstić information content (AvgIpc) is 3.12. The fraction of sp³-hybridized carbons (Fsp3) is 0.280. The summed E-state index contributed by atoms with van der Waals surface area (Å²) < 4.78 is 19.4. The molecule has 4 amide bonds. The highest BCUT2D eigenvalue weighted by Crippen LogP contribution is 2.31. The summed E-state index contributed by atoms with van der Waals surface area (Å²) in [5.41, 5.74) is 3.66. The van der Waals surface area contributed by atoms with Crippen LogP contribution in [0.5, 0.6) is 5.75 Å². The molecule has 0 aromatic heterocycles. The fourth-order valence-electron chi connectivity index (χ4n) is 4.60. The van der Waals surface area contributed by atoms with E-state index in [0.717, 1.165) is 11.1 Å². The quantitative estimate of drug-likeness (QED) is 0.675. The molecule has 0 radical (unpaired) electrons. The minimum atomic E-state index is -0.671. The summed E-state index contributed by atoms with van der Waals surface area (Å²) in [7, 11) is 0. The lowest BCUT2D eigenvalue weighted by molar-refractivity contribution is -0.137. The maximum Gasteiger partial charge on any atom is 0.255 e. The Morgan fingerprint density at radius 3 is 2.85 bits per heavy atom. The van der Waals surface area contributed by atoms with E-state index in [1.807, 2.05) is 6.07 Å². The van der Waals surface area contributed by atoms with Gasteiger partial charge >= 0.3 is 0 Å². The van der Waals surface area contributed by atoms with Gasteiger partial charge in [0.1, 0.15) is 24.2 Å². The van der Waals surface area contributed by atoms with Gasteiger partial charge < -0.3 is 15.0 Å². The van der Waals surface area contributed by atoms with Gasteiger partial charge in [-0.2, -0.15) is 0 Å². The molecule has 2 N–H and O–H groups in total. The first kappa shape index (κ1) is 21.8. The zero-order chi connectivity index (χ0) is 24.0. The number of hydrogen-bond donors (Lipinski definition) is 2. The van der Waals surface area contributed by atoms with Crippen molar-refractivity contribution in [3.63, 3.8) is 0 Å². The van der Waals surface area contributed by atoms with E-state index in [-0.39, 0.29) is 43.8 Å². The SMILES string of the molecule is Cc1cc(F)cc2c1OCC(C(=O)NCc1ccc3c(c1)CN(C1CCC(=O)NC1=O)C3=O)=C2. The van der Waals surface area contributed by atoms with Crippen molar-refractivity contribution in [1.82, 2.24) is 15.5 Å². The molecule has 1 unspecified atom stereocenters. The Labute approximate surface area is 194 Å². The smallest absolute Gasteiger partial charge is 0.255 e. The lowest BCUT2D eigenvalue weighted by Crippen LogP contribution is -2.52. The Kier molecular flexibility index (Phi) is 5.39. The van der Waals surface area contributed by atoms with Crippen molar-refractivity contribution in [2.24, 2.45) is 0 Å². The number of ether oxygens (including phenoxy) is 1. The van der Waals surface area contributed by atoms with Crippen LogP contribution in [0.3, 0.4) is 0 Å². The zero-order valence-corrected chi connectivity index (χ0v) is 18.4. The third-order valence-electron chi connectivity index (χ3n) is 6.30. The Balaban J connectivity index is 1.26. The lowest BCUT2D eigenvalue weighted by Gasteiger charge is -2.29. The van der Waals surface area contributed by atoms with Crippen molar-refractivity contribution in [1.29, 1.82) is 0 Å². The van der Waals surface area contributed by atoms with Gasteiger partial charge in [-0.25, -0.2) is 4.39 Å². The van der Waals surface area contributed by atoms with Crippen LogP contribution >= 0.6 is 0 Å². The van der Waals surface area contributed by atoms with Crippen molar-refractivity contribution in [2.45, 2.75) is 38.9 Å². The molecule has 34 heavy (non-hydrogen) atoms. The molecule has 8 nitrogen and oxygen atoms in total. The number of halogens is 1. The standard InChI is InChI=1S/C25H22FN3O5/c1-13-6-18(26)9-15-8-17(12-34-22(13)15)23(31)27-10-14-2-3-19-16(7-14)11-29(25(19)33)20-4-5-21(30)28-24(20)32/h2-3,6-9,20H,4-5,10-12H2,1H3,(H,27,31)(H,28,30,32). The number of imide groups is 1. The number of fused-ring (bicyclic) bond motifs is 2. The zero-order valence-electron chi connectivity index (χ0n) is 18.4. The number of carbonyl (C=O) groups excluding carboxylic acids is 4. The van der Waals surface area contributed by atoms with E-state index < -0.39 is 17.8 Å². The topological polar surface area (TPSA) is 105 Å². The molecular weight excluding hydrogens is 441 g/mol. The number of amides is 4. The summed E-state index contributed by atoms with van der Waals surface area (Å²) in [5.74, 6) is -1.17. The van der Waals surface area contributed by atoms with Crippen LogP contribution in [0.4, 0.5) is 4.39 Å². The molecule has 0 saturated carbocycles. The summed E-state index contributed by atoms with van der Waals surface area (Å²) in [4.78, 5) is 50.6. The number of nitrogens with one attached hydrogen (secondary N) is 2. The summed E-state index contributed by atoms with van der Waals surface area (Å²) in [6.45, 7) is 2.33. The molecule has 1 atom stereocenters. The van der Waals surface area contributed by atoms with Gasteiger partial charge in [0, 0.05) is 30.6 Å². The van der Waals surface area contributed by atoms with Gasteiger partial charge in [0.15, 0.2) is 0 Å². The molecule has 9 heteroatoms. The third kappa shape index (κ3) is 3.93. The molecular formula is C25H22FN3O5. The molecule has 0 bridgehead atoms. The first-order valence-corrected chi connectivity index (χ1v) is 11.0. The first-order valence-electron chi connectivity index (χ1n) is 11.0. The molecule has 1 fully saturated rings. The summed E-state index contributed by atoms with van der Waals surface area (Å²) >= 11 is 0. The van der Waals surface area contributed by atoms with Gasteiger partial charge in [-0.1, -0.05) is 12.1 Å². The predicted octanol–water partition coefficient (Wildman–Crippen LogP) is 1.99. The maximum atomic E-state index is 13.7. The van der Waals surface area contributed by atoms with Crippen molar-refractivity contribution < 1.29 is 28.3 Å². The largest absolute Gasteiger partial charge is 0.488 e. The molecule has 174 valence electrons. The normalized spacial score (nSPS) is 19.1. The van der Waals surface area contributed by atoms with Gasteiger partial charge in [-0.3, -0.25) is 24.5 Å². The van der Waals surface area contributed by atoms with Crippen molar-refractivity contribution in [3.8, 4) is 5.75 Å². The van der Waals surface area contributed by atoms with Crippen molar-refractivity contribution in [2.75, 3.05) is 6.61 Å². The molecule has 1 saturated heterocycles. The monoisotopic (exact) mass is 463 g/mol. The van der Waals surface area contributed by atoms with Gasteiger partial charge in [-0.15, -0.1) is 0 Å². The summed E-state index contributed by atoms with van der Waals surface area (Å²) in [6, 6.07) is 7.33. The second-order valence-electron chi connectivity index (χ2n) is 8.67. The van der Waals surface area contributed by atoms with Crippen molar-refractivity contribution in [3.05, 3.63) is 69.5 Å². The number of nitrogens with zero attached hydrogens (tertiary/aromatic N) is 1. The molecule has 3 aliphatic rings. The Morgan fingerprint density at radius 2 is 2.06 bits per heavy atom. The highest BCUT2D eigenvalue weighted by Gasteiger charge is 2.39. The Bertz CT molecular complexity index is 1290. The van der Waals surface area contributed by atoms with E-state index in [4.69, 9.17) is 4.74 Å². The van der Waals surface area contributed by atoms with Crippen LogP contribution in [-0.2, 0) is 27.5 Å². The minimum absolute atomic E-state index is 0.0882. The van der Waals surface area contributed by atoms with E-state index in [2.05, 4.69) is 10.6 Å². The van der Waals surface area contributed by atoms with Crippen LogP contribution < -0.4 is 15.4 Å². The fourth-order valence-corrected chi connectivity index (χ4v) is 4.60. The molecule has 0 spiro atoms. The molecule has 3 heterocycles. The van der Waals surface area contributed by atoms with Crippen LogP contribution in [0.15, 0.2) is 35.9 Å². The Morgan fingerprint density at radius 1 is 1.24 bits per heavy atom. The van der Waals surface area contributed by atoms with E-state index in [1.165, 1.54) is 17.0 Å². The highest BCUT2D eigenvalue weighted by molar-refractivity contribution is 6.05. The maximum absolute atomic E-state index is 13.7. The number of rotatable bonds is 4. The third-order valence-corrected chi connectivity index (χ3v) is 6.30. The number of benzene rings is 2. The van der Waals surface area contributed by atoms with Crippen LogP contribution in [0.2, 0.25) is 0 Å². The molecule has 3 aliphatic heterocycles. The van der Waals surface area contributed by atoms with Crippen LogP contribution in [0.25, 0.3) is 6.08 Å². The van der Waals surface area contributed by atoms with Crippen LogP contribution in [0, 0.1) is 12.7 Å². The van der Waals surface area contributed by atoms with Gasteiger partial charge in [-0.05, 0) is 54.3 Å². The Hall–Kier alpha value is -4.01. The number of hydrogen-bond acceptors (Lipinski definition) is 5. The van der Waals surface area contributed by atoms with E-state index in [9.17, 15) is 23.6 Å². The minimum Gasteiger partial charge on any atom is -0.488 e. The summed E-state index contributed by atoms with van der Waals surface area (Å²) in [5, 5.41) is 5.12. The van der Waals surface area contributed by atoms with Crippen LogP contribution in [0.1, 0.15) is 45.5 Å². The number of carbonyl (C=O) groups is 4. The second kappa shape index (κ2) is 8.40. The van der Waals surface area contributed by atoms with Crippen molar-refractivity contribution >= 4 is 29.7 Å². The van der Waals surface area contributed by atoms with Gasteiger partial charge in [0.25, 0.3) is 11.8 Å². The average molecular weight is 463 g/mol. The van der Waals surface area contributed by atoms with E-state index >= 15 is 0 Å².